The molecule has 9 heteroatoms. The summed E-state index contributed by atoms with van der Waals surface area (Å²) in [6.45, 7) is 4.67. The molecule has 0 radical (unpaired) electrons. The highest BCUT2D eigenvalue weighted by atomic mass is 19.1. The molecular weight excluding hydrogens is 545 g/mol. The van der Waals surface area contributed by atoms with Crippen molar-refractivity contribution in [2.45, 2.75) is 25.3 Å². The van der Waals surface area contributed by atoms with Gasteiger partial charge in [-0.2, -0.15) is 5.01 Å². The van der Waals surface area contributed by atoms with Crippen LogP contribution in [0.25, 0.3) is 10.8 Å². The maximum Gasteiger partial charge on any atom is 0.332 e. The van der Waals surface area contributed by atoms with Gasteiger partial charge in [-0.05, 0) is 39.6 Å². The van der Waals surface area contributed by atoms with Crippen molar-refractivity contribution >= 4 is 28.6 Å². The number of nitrogens with one attached hydrogen (secondary N) is 1. The van der Waals surface area contributed by atoms with Crippen molar-refractivity contribution in [2.24, 2.45) is 0 Å². The smallest absolute Gasteiger partial charge is 0.332 e. The predicted octanol–water partition coefficient (Wildman–Crippen LogP) is 4.85. The molecule has 0 unspecified atom stereocenters. The minimum atomic E-state index is -0.833. The maximum absolute atomic E-state index is 14.2. The van der Waals surface area contributed by atoms with Crippen LogP contribution < -0.4 is 5.32 Å². The minimum Gasteiger partial charge on any atom is -0.333 e. The third-order valence-electron chi connectivity index (χ3n) is 8.02. The first-order valence-electron chi connectivity index (χ1n) is 14.2. The Hall–Kier alpha value is -5.02. The molecule has 4 aromatic rings. The lowest BCUT2D eigenvalue weighted by Crippen LogP contribution is -2.62. The predicted molar refractivity (Wildman–Crippen MR) is 161 cm³/mol. The summed E-state index contributed by atoms with van der Waals surface area (Å²) in [5, 5.41) is 8.21. The van der Waals surface area contributed by atoms with Crippen LogP contribution in [0.5, 0.6) is 0 Å². The Morgan fingerprint density at radius 1 is 0.953 bits per heavy atom. The largest absolute Gasteiger partial charge is 0.333 e. The second-order valence-electron chi connectivity index (χ2n) is 10.7. The summed E-state index contributed by atoms with van der Waals surface area (Å²) >= 11 is 0. The van der Waals surface area contributed by atoms with Gasteiger partial charge >= 0.3 is 6.03 Å². The number of fused-ring (bicyclic) bond motifs is 2. The van der Waals surface area contributed by atoms with Crippen LogP contribution in [-0.4, -0.2) is 63.5 Å². The van der Waals surface area contributed by atoms with Crippen molar-refractivity contribution in [1.82, 2.24) is 25.1 Å². The van der Waals surface area contributed by atoms with Crippen molar-refractivity contribution in [3.63, 3.8) is 0 Å². The van der Waals surface area contributed by atoms with E-state index in [-0.39, 0.29) is 43.8 Å². The van der Waals surface area contributed by atoms with Crippen LogP contribution in [0, 0.1) is 5.82 Å². The monoisotopic (exact) mass is 577 g/mol. The highest BCUT2D eigenvalue weighted by Gasteiger charge is 2.52. The molecule has 2 saturated heterocycles. The zero-order valence-corrected chi connectivity index (χ0v) is 23.6. The highest BCUT2D eigenvalue weighted by Crippen LogP contribution is 2.36. The van der Waals surface area contributed by atoms with Gasteiger partial charge in [0.1, 0.15) is 18.0 Å². The normalized spacial score (nSPS) is 18.5. The lowest BCUT2D eigenvalue weighted by atomic mass is 9.99. The van der Waals surface area contributed by atoms with Gasteiger partial charge in [-0.15, -0.1) is 6.58 Å². The zero-order chi connectivity index (χ0) is 29.9. The molecule has 2 fully saturated rings. The lowest BCUT2D eigenvalue weighted by Gasteiger charge is -2.46. The van der Waals surface area contributed by atoms with Gasteiger partial charge in [-0.3, -0.25) is 14.6 Å². The number of hydrazine groups is 1. The molecule has 0 bridgehead atoms. The Morgan fingerprint density at radius 2 is 1.67 bits per heavy atom. The molecule has 6 rings (SSSR count). The van der Waals surface area contributed by atoms with E-state index >= 15 is 0 Å². The molecular formula is C34H32FN5O3. The summed E-state index contributed by atoms with van der Waals surface area (Å²) < 4.78 is 13.4. The molecule has 0 aromatic heterocycles. The summed E-state index contributed by atoms with van der Waals surface area (Å²) in [6, 6.07) is 28.0. The number of piperazine rings is 1. The quantitative estimate of drug-likeness (QED) is 0.304. The van der Waals surface area contributed by atoms with E-state index in [1.807, 2.05) is 72.8 Å². The number of rotatable bonds is 8. The number of urea groups is 1. The number of nitrogens with zero attached hydrogens (tertiary/aromatic N) is 4. The van der Waals surface area contributed by atoms with Crippen molar-refractivity contribution in [1.29, 1.82) is 0 Å². The Morgan fingerprint density at radius 3 is 2.44 bits per heavy atom. The number of halogens is 1. The first-order chi connectivity index (χ1) is 20.9. The molecule has 0 aliphatic carbocycles. The van der Waals surface area contributed by atoms with E-state index < -0.39 is 18.2 Å². The van der Waals surface area contributed by atoms with Crippen molar-refractivity contribution < 1.29 is 18.8 Å². The average Bonchev–Trinajstić information content (AvgIpc) is 3.35. The van der Waals surface area contributed by atoms with Gasteiger partial charge in [0.05, 0.1) is 19.6 Å². The van der Waals surface area contributed by atoms with E-state index in [1.165, 1.54) is 17.1 Å². The van der Waals surface area contributed by atoms with Crippen molar-refractivity contribution in [2.75, 3.05) is 19.6 Å². The van der Waals surface area contributed by atoms with E-state index in [2.05, 4.69) is 11.9 Å². The Bertz CT molecular complexity index is 1660. The molecule has 0 saturated carbocycles. The SMILES string of the molecule is C=CCN(C(=O)NCc1ccc(F)cc1)N1CC(=O)N2[C@@H](c3ccccc3)C(=O)N(Cc3cccc4ccccc34)C[C@@H]21. The number of carbonyl (C=O) groups is 3. The number of hydrogen-bond acceptors (Lipinski definition) is 4. The maximum atomic E-state index is 14.2. The van der Waals surface area contributed by atoms with E-state index in [1.54, 1.807) is 33.0 Å². The van der Waals surface area contributed by atoms with E-state index in [0.29, 0.717) is 12.1 Å². The molecule has 2 aliphatic rings. The average molecular weight is 578 g/mol. The number of benzene rings is 4. The Labute approximate surface area is 249 Å². The van der Waals surface area contributed by atoms with Gasteiger partial charge in [0.25, 0.3) is 5.91 Å². The molecule has 8 nitrogen and oxygen atoms in total. The molecule has 1 N–H and O–H groups in total. The third kappa shape index (κ3) is 5.59. The van der Waals surface area contributed by atoms with Crippen LogP contribution in [0.15, 0.2) is 110 Å². The zero-order valence-electron chi connectivity index (χ0n) is 23.6. The first kappa shape index (κ1) is 28.1. The Balaban J connectivity index is 1.32. The summed E-state index contributed by atoms with van der Waals surface area (Å²) in [7, 11) is 0. The molecule has 2 atom stereocenters. The molecule has 43 heavy (non-hydrogen) atoms. The number of carbonyl (C=O) groups excluding carboxylic acids is 3. The molecule has 2 aliphatic heterocycles. The van der Waals surface area contributed by atoms with Crippen LogP contribution in [0.2, 0.25) is 0 Å². The van der Waals surface area contributed by atoms with E-state index in [0.717, 1.165) is 21.9 Å². The summed E-state index contributed by atoms with van der Waals surface area (Å²) in [6.07, 6.45) is 1.02. The highest BCUT2D eigenvalue weighted by molar-refractivity contribution is 5.93. The Kier molecular flexibility index (Phi) is 7.89. The number of hydrogen-bond donors (Lipinski definition) is 1. The summed E-state index contributed by atoms with van der Waals surface area (Å²) in [5.41, 5.74) is 2.45. The second-order valence-corrected chi connectivity index (χ2v) is 10.7. The fraction of sp³-hybridized carbons (Fsp3) is 0.206. The van der Waals surface area contributed by atoms with Crippen LogP contribution in [-0.2, 0) is 22.7 Å². The minimum absolute atomic E-state index is 0.0683. The standard InChI is InChI=1S/C34H32FN5O3/c1-2-19-38(34(43)36-20-24-15-17-28(35)18-16-24)39-23-31(41)40-30(39)22-37(33(42)32(40)26-10-4-3-5-11-26)21-27-13-8-12-25-9-6-7-14-29(25)27/h2-18,30,32H,1,19-23H2,(H,36,43)/t30-,32+/m1/s1. The van der Waals surface area contributed by atoms with Crippen LogP contribution >= 0.6 is 0 Å². The molecule has 4 amide bonds. The fourth-order valence-electron chi connectivity index (χ4n) is 5.97. The van der Waals surface area contributed by atoms with Gasteiger partial charge in [0.15, 0.2) is 0 Å². The molecule has 2 heterocycles. The summed E-state index contributed by atoms with van der Waals surface area (Å²) in [4.78, 5) is 44.7. The topological polar surface area (TPSA) is 76.2 Å². The third-order valence-corrected chi connectivity index (χ3v) is 8.02. The molecule has 4 aromatic carbocycles. The van der Waals surface area contributed by atoms with Gasteiger partial charge in [-0.25, -0.2) is 9.18 Å². The van der Waals surface area contributed by atoms with Crippen molar-refractivity contribution in [3.05, 3.63) is 132 Å². The van der Waals surface area contributed by atoms with Crippen molar-refractivity contribution in [3.8, 4) is 0 Å². The molecule has 0 spiro atoms. The van der Waals surface area contributed by atoms with Gasteiger partial charge in [0.2, 0.25) is 5.91 Å². The van der Waals surface area contributed by atoms with Crippen LogP contribution in [0.4, 0.5) is 9.18 Å². The van der Waals surface area contributed by atoms with E-state index in [4.69, 9.17) is 0 Å². The summed E-state index contributed by atoms with van der Waals surface area (Å²) in [5.74, 6) is -0.758. The molecule has 218 valence electrons. The second kappa shape index (κ2) is 12.1. The van der Waals surface area contributed by atoms with Gasteiger partial charge in [0, 0.05) is 13.1 Å². The van der Waals surface area contributed by atoms with Gasteiger partial charge < -0.3 is 15.1 Å². The van der Waals surface area contributed by atoms with Gasteiger partial charge in [-0.1, -0.05) is 91.0 Å². The van der Waals surface area contributed by atoms with Crippen LogP contribution in [0.1, 0.15) is 22.7 Å². The van der Waals surface area contributed by atoms with Crippen LogP contribution in [0.3, 0.4) is 0 Å². The van der Waals surface area contributed by atoms with E-state index in [9.17, 15) is 18.8 Å². The first-order valence-corrected chi connectivity index (χ1v) is 14.2. The number of amides is 4. The lowest BCUT2D eigenvalue weighted by molar-refractivity contribution is -0.158. The fourth-order valence-corrected chi connectivity index (χ4v) is 5.97.